The van der Waals surface area contributed by atoms with Gasteiger partial charge in [0.1, 0.15) is 5.82 Å². The van der Waals surface area contributed by atoms with Gasteiger partial charge in [-0.1, -0.05) is 19.1 Å². The van der Waals surface area contributed by atoms with Crippen molar-refractivity contribution >= 4 is 17.5 Å². The molecule has 0 aliphatic carbocycles. The zero-order valence-corrected chi connectivity index (χ0v) is 12.9. The molecule has 5 heteroatoms. The SMILES string of the molecule is CCCC(=O)NCc1ccc(C(=O)Nc2ccc(F)cc2)cc1. The van der Waals surface area contributed by atoms with E-state index in [4.69, 9.17) is 0 Å². The minimum atomic E-state index is -0.350. The highest BCUT2D eigenvalue weighted by Gasteiger charge is 2.06. The van der Waals surface area contributed by atoms with E-state index < -0.39 is 0 Å². The third-order valence-electron chi connectivity index (χ3n) is 3.28. The van der Waals surface area contributed by atoms with E-state index in [2.05, 4.69) is 10.6 Å². The zero-order chi connectivity index (χ0) is 16.7. The molecule has 2 rings (SSSR count). The van der Waals surface area contributed by atoms with Gasteiger partial charge in [0.15, 0.2) is 0 Å². The number of hydrogen-bond donors (Lipinski definition) is 2. The number of carbonyl (C=O) groups excluding carboxylic acids is 2. The van der Waals surface area contributed by atoms with Crippen LogP contribution in [0.1, 0.15) is 35.7 Å². The summed E-state index contributed by atoms with van der Waals surface area (Å²) >= 11 is 0. The number of benzene rings is 2. The second-order valence-electron chi connectivity index (χ2n) is 5.18. The first kappa shape index (κ1) is 16.7. The molecule has 0 aromatic heterocycles. The third-order valence-corrected chi connectivity index (χ3v) is 3.28. The van der Waals surface area contributed by atoms with Crippen molar-refractivity contribution in [3.05, 3.63) is 65.5 Å². The number of amides is 2. The molecule has 0 aliphatic rings. The first-order valence-electron chi connectivity index (χ1n) is 7.51. The molecule has 120 valence electrons. The maximum atomic E-state index is 12.8. The van der Waals surface area contributed by atoms with Gasteiger partial charge in [-0.2, -0.15) is 0 Å². The van der Waals surface area contributed by atoms with Gasteiger partial charge in [0.05, 0.1) is 0 Å². The Morgan fingerprint density at radius 1 is 1.00 bits per heavy atom. The van der Waals surface area contributed by atoms with Crippen LogP contribution in [0.2, 0.25) is 0 Å². The van der Waals surface area contributed by atoms with E-state index in [0.717, 1.165) is 12.0 Å². The van der Waals surface area contributed by atoms with Crippen LogP contribution in [-0.2, 0) is 11.3 Å². The lowest BCUT2D eigenvalue weighted by Crippen LogP contribution is -2.22. The number of hydrogen-bond acceptors (Lipinski definition) is 2. The smallest absolute Gasteiger partial charge is 0.255 e. The lowest BCUT2D eigenvalue weighted by atomic mass is 10.1. The normalized spacial score (nSPS) is 10.2. The molecule has 2 amide bonds. The Morgan fingerprint density at radius 3 is 2.26 bits per heavy atom. The standard InChI is InChI=1S/C18H19FN2O2/c1-2-3-17(22)20-12-13-4-6-14(7-5-13)18(23)21-16-10-8-15(19)9-11-16/h4-11H,2-3,12H2,1H3,(H,20,22)(H,21,23). The van der Waals surface area contributed by atoms with Crippen molar-refractivity contribution < 1.29 is 14.0 Å². The number of nitrogens with one attached hydrogen (secondary N) is 2. The molecule has 0 atom stereocenters. The Morgan fingerprint density at radius 2 is 1.65 bits per heavy atom. The highest BCUT2D eigenvalue weighted by atomic mass is 19.1. The van der Waals surface area contributed by atoms with Crippen LogP contribution in [-0.4, -0.2) is 11.8 Å². The minimum Gasteiger partial charge on any atom is -0.352 e. The largest absolute Gasteiger partial charge is 0.352 e. The van der Waals surface area contributed by atoms with Gasteiger partial charge in [-0.3, -0.25) is 9.59 Å². The molecule has 2 aromatic rings. The molecule has 23 heavy (non-hydrogen) atoms. The summed E-state index contributed by atoms with van der Waals surface area (Å²) in [5, 5.41) is 5.52. The van der Waals surface area contributed by atoms with Crippen LogP contribution in [0.3, 0.4) is 0 Å². The summed E-state index contributed by atoms with van der Waals surface area (Å²) in [6.45, 7) is 2.40. The number of anilines is 1. The summed E-state index contributed by atoms with van der Waals surface area (Å²) in [6.07, 6.45) is 1.33. The first-order valence-corrected chi connectivity index (χ1v) is 7.51. The molecule has 0 fully saturated rings. The third kappa shape index (κ3) is 5.21. The number of rotatable bonds is 6. The second kappa shape index (κ2) is 8.08. The van der Waals surface area contributed by atoms with Gasteiger partial charge in [-0.15, -0.1) is 0 Å². The van der Waals surface area contributed by atoms with Crippen LogP contribution in [0, 0.1) is 5.82 Å². The van der Waals surface area contributed by atoms with Gasteiger partial charge in [0.25, 0.3) is 5.91 Å². The quantitative estimate of drug-likeness (QED) is 0.857. The van der Waals surface area contributed by atoms with E-state index in [1.807, 2.05) is 6.92 Å². The van der Waals surface area contributed by atoms with Crippen LogP contribution in [0.4, 0.5) is 10.1 Å². The van der Waals surface area contributed by atoms with Crippen molar-refractivity contribution in [2.45, 2.75) is 26.3 Å². The maximum Gasteiger partial charge on any atom is 0.255 e. The first-order chi connectivity index (χ1) is 11.1. The molecule has 0 spiro atoms. The van der Waals surface area contributed by atoms with E-state index in [-0.39, 0.29) is 17.6 Å². The predicted octanol–water partition coefficient (Wildman–Crippen LogP) is 3.49. The van der Waals surface area contributed by atoms with Gasteiger partial charge in [-0.25, -0.2) is 4.39 Å². The molecule has 0 bridgehead atoms. The topological polar surface area (TPSA) is 58.2 Å². The molecule has 0 heterocycles. The second-order valence-corrected chi connectivity index (χ2v) is 5.18. The average molecular weight is 314 g/mol. The van der Waals surface area contributed by atoms with Crippen molar-refractivity contribution in [2.24, 2.45) is 0 Å². The van der Waals surface area contributed by atoms with E-state index in [1.165, 1.54) is 24.3 Å². The van der Waals surface area contributed by atoms with Gasteiger partial charge in [0.2, 0.25) is 5.91 Å². The molecular weight excluding hydrogens is 295 g/mol. The Bertz CT molecular complexity index is 666. The fraction of sp³-hybridized carbons (Fsp3) is 0.222. The van der Waals surface area contributed by atoms with Crippen LogP contribution >= 0.6 is 0 Å². The van der Waals surface area contributed by atoms with E-state index >= 15 is 0 Å². The fourth-order valence-corrected chi connectivity index (χ4v) is 2.03. The van der Waals surface area contributed by atoms with Crippen LogP contribution in [0.15, 0.2) is 48.5 Å². The van der Waals surface area contributed by atoms with Gasteiger partial charge in [0, 0.05) is 24.2 Å². The molecular formula is C18H19FN2O2. The van der Waals surface area contributed by atoms with Crippen molar-refractivity contribution in [2.75, 3.05) is 5.32 Å². The average Bonchev–Trinajstić information content (AvgIpc) is 2.56. The number of halogens is 1. The monoisotopic (exact) mass is 314 g/mol. The van der Waals surface area contributed by atoms with Crippen LogP contribution in [0.25, 0.3) is 0 Å². The van der Waals surface area contributed by atoms with Crippen molar-refractivity contribution in [3.8, 4) is 0 Å². The number of carbonyl (C=O) groups is 2. The molecule has 0 unspecified atom stereocenters. The Hall–Kier alpha value is -2.69. The van der Waals surface area contributed by atoms with E-state index in [9.17, 15) is 14.0 Å². The van der Waals surface area contributed by atoms with Gasteiger partial charge in [-0.05, 0) is 48.4 Å². The minimum absolute atomic E-state index is 0.0191. The molecule has 2 N–H and O–H groups in total. The van der Waals surface area contributed by atoms with Crippen molar-refractivity contribution in [1.29, 1.82) is 0 Å². The Labute approximate surface area is 134 Å². The maximum absolute atomic E-state index is 12.8. The summed E-state index contributed by atoms with van der Waals surface area (Å²) < 4.78 is 12.8. The fourth-order valence-electron chi connectivity index (χ4n) is 2.03. The molecule has 0 aliphatic heterocycles. The molecule has 4 nitrogen and oxygen atoms in total. The summed E-state index contributed by atoms with van der Waals surface area (Å²) in [6, 6.07) is 12.6. The lowest BCUT2D eigenvalue weighted by molar-refractivity contribution is -0.121. The van der Waals surface area contributed by atoms with Crippen molar-refractivity contribution in [1.82, 2.24) is 5.32 Å². The summed E-state index contributed by atoms with van der Waals surface area (Å²) in [5.74, 6) is -0.596. The highest BCUT2D eigenvalue weighted by Crippen LogP contribution is 2.11. The summed E-state index contributed by atoms with van der Waals surface area (Å²) in [4.78, 5) is 23.5. The lowest BCUT2D eigenvalue weighted by Gasteiger charge is -2.07. The Balaban J connectivity index is 1.92. The predicted molar refractivity (Wildman–Crippen MR) is 87.5 cm³/mol. The molecule has 0 saturated heterocycles. The molecule has 0 saturated carbocycles. The van der Waals surface area contributed by atoms with Crippen LogP contribution in [0.5, 0.6) is 0 Å². The molecule has 2 aromatic carbocycles. The zero-order valence-electron chi connectivity index (χ0n) is 12.9. The molecule has 0 radical (unpaired) electrons. The van der Waals surface area contributed by atoms with Crippen molar-refractivity contribution in [3.63, 3.8) is 0 Å². The van der Waals surface area contributed by atoms with E-state index in [0.29, 0.717) is 24.2 Å². The highest BCUT2D eigenvalue weighted by molar-refractivity contribution is 6.04. The summed E-state index contributed by atoms with van der Waals surface area (Å²) in [5.41, 5.74) is 1.96. The summed E-state index contributed by atoms with van der Waals surface area (Å²) in [7, 11) is 0. The van der Waals surface area contributed by atoms with Gasteiger partial charge < -0.3 is 10.6 Å². The Kier molecular flexibility index (Phi) is 5.86. The van der Waals surface area contributed by atoms with E-state index in [1.54, 1.807) is 24.3 Å². The van der Waals surface area contributed by atoms with Crippen LogP contribution < -0.4 is 10.6 Å². The van der Waals surface area contributed by atoms with Gasteiger partial charge >= 0.3 is 0 Å².